The van der Waals surface area contributed by atoms with Crippen molar-refractivity contribution in [1.29, 1.82) is 0 Å². The molecule has 0 amide bonds. The van der Waals surface area contributed by atoms with E-state index in [2.05, 4.69) is 0 Å². The third kappa shape index (κ3) is 0.842. The Morgan fingerprint density at radius 1 is 1.08 bits per heavy atom. The monoisotopic (exact) mass is 177 g/mol. The zero-order valence-electron chi connectivity index (χ0n) is 7.25. The highest BCUT2D eigenvalue weighted by molar-refractivity contribution is 5.71. The molecular formula is C10H11NO2. The maximum absolute atomic E-state index is 9.81. The SMILES string of the molecule is Oc1cc(N2CC2)c(O)c2c1CC2. The lowest BCUT2D eigenvalue weighted by molar-refractivity contribution is 0.438. The summed E-state index contributed by atoms with van der Waals surface area (Å²) >= 11 is 0. The summed E-state index contributed by atoms with van der Waals surface area (Å²) in [5.74, 6) is 0.734. The molecule has 1 aromatic carbocycles. The first-order valence-corrected chi connectivity index (χ1v) is 4.59. The first-order chi connectivity index (χ1) is 6.27. The van der Waals surface area contributed by atoms with Gasteiger partial charge in [0.15, 0.2) is 0 Å². The van der Waals surface area contributed by atoms with Crippen LogP contribution in [0.5, 0.6) is 11.5 Å². The molecule has 0 saturated carbocycles. The van der Waals surface area contributed by atoms with Crippen molar-refractivity contribution in [2.45, 2.75) is 12.8 Å². The number of nitrogens with zero attached hydrogens (tertiary/aromatic N) is 1. The van der Waals surface area contributed by atoms with E-state index in [1.807, 2.05) is 4.90 Å². The molecule has 3 heteroatoms. The molecule has 3 nitrogen and oxygen atoms in total. The van der Waals surface area contributed by atoms with Crippen LogP contribution in [-0.2, 0) is 12.8 Å². The van der Waals surface area contributed by atoms with E-state index in [1.54, 1.807) is 6.07 Å². The number of phenols is 2. The maximum Gasteiger partial charge on any atom is 0.142 e. The van der Waals surface area contributed by atoms with Crippen molar-refractivity contribution in [3.05, 3.63) is 17.2 Å². The van der Waals surface area contributed by atoms with Gasteiger partial charge in [-0.15, -0.1) is 0 Å². The number of hydrogen-bond donors (Lipinski definition) is 2. The van der Waals surface area contributed by atoms with Gasteiger partial charge < -0.3 is 15.1 Å². The molecule has 2 N–H and O–H groups in total. The molecular weight excluding hydrogens is 166 g/mol. The Hall–Kier alpha value is -1.38. The van der Waals surface area contributed by atoms with Gasteiger partial charge in [-0.05, 0) is 12.8 Å². The van der Waals surface area contributed by atoms with Gasteiger partial charge in [-0.3, -0.25) is 0 Å². The average molecular weight is 177 g/mol. The second-order valence-electron chi connectivity index (χ2n) is 3.71. The summed E-state index contributed by atoms with van der Waals surface area (Å²) in [6, 6.07) is 1.68. The Kier molecular flexibility index (Phi) is 1.14. The molecule has 0 atom stereocenters. The second-order valence-corrected chi connectivity index (χ2v) is 3.71. The second kappa shape index (κ2) is 2.10. The van der Waals surface area contributed by atoms with Crippen LogP contribution in [0.2, 0.25) is 0 Å². The average Bonchev–Trinajstić information content (AvgIpc) is 2.77. The van der Waals surface area contributed by atoms with Crippen molar-refractivity contribution in [3.63, 3.8) is 0 Å². The summed E-state index contributed by atoms with van der Waals surface area (Å²) in [4.78, 5) is 2.05. The van der Waals surface area contributed by atoms with Crippen LogP contribution in [0.3, 0.4) is 0 Å². The number of phenolic OH excluding ortho intramolecular Hbond substituents is 2. The minimum Gasteiger partial charge on any atom is -0.508 e. The van der Waals surface area contributed by atoms with Crippen molar-refractivity contribution in [1.82, 2.24) is 0 Å². The number of benzene rings is 1. The molecule has 13 heavy (non-hydrogen) atoms. The van der Waals surface area contributed by atoms with Gasteiger partial charge >= 0.3 is 0 Å². The predicted octanol–water partition coefficient (Wildman–Crippen LogP) is 1.02. The van der Waals surface area contributed by atoms with Crippen LogP contribution in [-0.4, -0.2) is 23.3 Å². The van der Waals surface area contributed by atoms with E-state index in [9.17, 15) is 10.2 Å². The van der Waals surface area contributed by atoms with E-state index in [4.69, 9.17) is 0 Å². The Morgan fingerprint density at radius 2 is 1.77 bits per heavy atom. The van der Waals surface area contributed by atoms with E-state index in [1.165, 1.54) is 0 Å². The van der Waals surface area contributed by atoms with Gasteiger partial charge in [0.1, 0.15) is 11.5 Å². The van der Waals surface area contributed by atoms with Gasteiger partial charge in [-0.1, -0.05) is 0 Å². The molecule has 1 saturated heterocycles. The van der Waals surface area contributed by atoms with Gasteiger partial charge in [0, 0.05) is 30.3 Å². The molecule has 1 aromatic rings. The number of rotatable bonds is 1. The standard InChI is InChI=1S/C10H11NO2/c12-9-5-8(11-3-4-11)10(13)7-2-1-6(7)9/h5,12-13H,1-4H2. The molecule has 0 spiro atoms. The zero-order chi connectivity index (χ0) is 9.00. The third-order valence-corrected chi connectivity index (χ3v) is 2.89. The van der Waals surface area contributed by atoms with Gasteiger partial charge in [-0.25, -0.2) is 0 Å². The summed E-state index contributed by atoms with van der Waals surface area (Å²) in [6.45, 7) is 1.98. The Labute approximate surface area is 76.2 Å². The lowest BCUT2D eigenvalue weighted by Gasteiger charge is -2.23. The van der Waals surface area contributed by atoms with Crippen LogP contribution in [0.25, 0.3) is 0 Å². The Bertz CT molecular complexity index is 383. The highest BCUT2D eigenvalue weighted by atomic mass is 16.3. The van der Waals surface area contributed by atoms with Crippen molar-refractivity contribution < 1.29 is 10.2 Å². The number of fused-ring (bicyclic) bond motifs is 1. The number of anilines is 1. The normalized spacial score (nSPS) is 18.0. The molecule has 68 valence electrons. The Balaban J connectivity index is 2.19. The number of hydrogen-bond acceptors (Lipinski definition) is 3. The van der Waals surface area contributed by atoms with Crippen molar-refractivity contribution in [2.24, 2.45) is 0 Å². The van der Waals surface area contributed by atoms with Crippen molar-refractivity contribution >= 4 is 5.69 Å². The van der Waals surface area contributed by atoms with E-state index in [0.717, 1.165) is 42.7 Å². The summed E-state index contributed by atoms with van der Waals surface area (Å²) in [6.07, 6.45) is 1.80. The lowest BCUT2D eigenvalue weighted by Crippen LogP contribution is -2.10. The molecule has 0 radical (unpaired) electrons. The fraction of sp³-hybridized carbons (Fsp3) is 0.400. The van der Waals surface area contributed by atoms with E-state index in [-0.39, 0.29) is 0 Å². The zero-order valence-corrected chi connectivity index (χ0v) is 7.25. The molecule has 1 aliphatic heterocycles. The van der Waals surface area contributed by atoms with Gasteiger partial charge in [-0.2, -0.15) is 0 Å². The van der Waals surface area contributed by atoms with Crippen molar-refractivity contribution in [2.75, 3.05) is 18.0 Å². The quantitative estimate of drug-likeness (QED) is 0.497. The Morgan fingerprint density at radius 3 is 2.31 bits per heavy atom. The number of aromatic hydroxyl groups is 2. The largest absolute Gasteiger partial charge is 0.508 e. The first kappa shape index (κ1) is 7.06. The van der Waals surface area contributed by atoms with E-state index < -0.39 is 0 Å². The van der Waals surface area contributed by atoms with Crippen LogP contribution in [0.1, 0.15) is 11.1 Å². The maximum atomic E-state index is 9.81. The molecule has 1 fully saturated rings. The van der Waals surface area contributed by atoms with Crippen LogP contribution in [0, 0.1) is 0 Å². The topological polar surface area (TPSA) is 43.5 Å². The molecule has 2 aliphatic rings. The first-order valence-electron chi connectivity index (χ1n) is 4.59. The molecule has 3 rings (SSSR count). The minimum absolute atomic E-state index is 0.348. The minimum atomic E-state index is 0.348. The lowest BCUT2D eigenvalue weighted by atomic mass is 9.86. The smallest absolute Gasteiger partial charge is 0.142 e. The summed E-state index contributed by atoms with van der Waals surface area (Å²) in [5.41, 5.74) is 2.68. The summed E-state index contributed by atoms with van der Waals surface area (Å²) in [5, 5.41) is 19.4. The molecule has 1 heterocycles. The van der Waals surface area contributed by atoms with Gasteiger partial charge in [0.2, 0.25) is 0 Å². The van der Waals surface area contributed by atoms with Crippen LogP contribution < -0.4 is 4.90 Å². The highest BCUT2D eigenvalue weighted by Gasteiger charge is 2.29. The summed E-state index contributed by atoms with van der Waals surface area (Å²) < 4.78 is 0. The third-order valence-electron chi connectivity index (χ3n) is 2.89. The van der Waals surface area contributed by atoms with Crippen LogP contribution in [0.15, 0.2) is 6.07 Å². The molecule has 0 unspecified atom stereocenters. The van der Waals surface area contributed by atoms with Gasteiger partial charge in [0.25, 0.3) is 0 Å². The predicted molar refractivity (Wildman–Crippen MR) is 49.4 cm³/mol. The highest BCUT2D eigenvalue weighted by Crippen LogP contribution is 2.45. The fourth-order valence-corrected chi connectivity index (χ4v) is 1.89. The fourth-order valence-electron chi connectivity index (χ4n) is 1.89. The van der Waals surface area contributed by atoms with Crippen LogP contribution >= 0.6 is 0 Å². The van der Waals surface area contributed by atoms with Crippen molar-refractivity contribution in [3.8, 4) is 11.5 Å². The van der Waals surface area contributed by atoms with Gasteiger partial charge in [0.05, 0.1) is 5.69 Å². The summed E-state index contributed by atoms with van der Waals surface area (Å²) in [7, 11) is 0. The van der Waals surface area contributed by atoms with E-state index in [0.29, 0.717) is 11.5 Å². The van der Waals surface area contributed by atoms with Crippen LogP contribution in [0.4, 0.5) is 5.69 Å². The molecule has 0 bridgehead atoms. The molecule has 0 aromatic heterocycles. The van der Waals surface area contributed by atoms with E-state index >= 15 is 0 Å². The molecule has 1 aliphatic carbocycles.